The standard InChI is InChI=1S/C10H13N3O3S2/c1-2-8-6-11-12(7-8)10(14)13(18(15)16)9-4-3-5-17-9/h3-6,8H,2,7H2,1H3,(H,15,16). The number of amides is 2. The Morgan fingerprint density at radius 1 is 1.78 bits per heavy atom. The topological polar surface area (TPSA) is 73.2 Å². The highest BCUT2D eigenvalue weighted by atomic mass is 32.2. The van der Waals surface area contributed by atoms with Gasteiger partial charge in [-0.3, -0.25) is 4.55 Å². The lowest BCUT2D eigenvalue weighted by molar-refractivity contribution is 0.212. The molecule has 98 valence electrons. The fourth-order valence-electron chi connectivity index (χ4n) is 1.58. The molecule has 1 N–H and O–H groups in total. The number of anilines is 1. The predicted octanol–water partition coefficient (Wildman–Crippen LogP) is 2.14. The van der Waals surface area contributed by atoms with Gasteiger partial charge in [0.1, 0.15) is 5.00 Å². The molecule has 2 rings (SSSR count). The van der Waals surface area contributed by atoms with E-state index in [4.69, 9.17) is 0 Å². The molecule has 0 bridgehead atoms. The number of hydrogen-bond acceptors (Lipinski definition) is 4. The van der Waals surface area contributed by atoms with Crippen LogP contribution < -0.4 is 4.31 Å². The van der Waals surface area contributed by atoms with E-state index in [1.165, 1.54) is 16.3 Å². The van der Waals surface area contributed by atoms with Gasteiger partial charge in [-0.15, -0.1) is 11.3 Å². The summed E-state index contributed by atoms with van der Waals surface area (Å²) in [7, 11) is 0. The van der Waals surface area contributed by atoms with Crippen molar-refractivity contribution in [1.29, 1.82) is 0 Å². The quantitative estimate of drug-likeness (QED) is 0.866. The molecule has 0 spiro atoms. The minimum atomic E-state index is -2.39. The maximum absolute atomic E-state index is 12.1. The number of carbonyl (C=O) groups is 1. The van der Waals surface area contributed by atoms with E-state index in [0.717, 1.165) is 10.7 Å². The molecule has 6 nitrogen and oxygen atoms in total. The third-order valence-corrected chi connectivity index (χ3v) is 4.24. The zero-order chi connectivity index (χ0) is 13.1. The molecule has 8 heteroatoms. The first-order chi connectivity index (χ1) is 8.63. The number of rotatable bonds is 3. The molecule has 0 radical (unpaired) electrons. The normalized spacial score (nSPS) is 20.1. The van der Waals surface area contributed by atoms with E-state index in [1.807, 2.05) is 6.92 Å². The minimum absolute atomic E-state index is 0.214. The first-order valence-electron chi connectivity index (χ1n) is 5.43. The summed E-state index contributed by atoms with van der Waals surface area (Å²) in [6.45, 7) is 2.46. The van der Waals surface area contributed by atoms with Crippen molar-refractivity contribution < 1.29 is 13.6 Å². The van der Waals surface area contributed by atoms with Crippen LogP contribution in [0, 0.1) is 5.92 Å². The molecule has 18 heavy (non-hydrogen) atoms. The Labute approximate surface area is 111 Å². The molecule has 2 amide bonds. The van der Waals surface area contributed by atoms with Gasteiger partial charge in [-0.05, 0) is 23.9 Å². The summed E-state index contributed by atoms with van der Waals surface area (Å²) >= 11 is -1.17. The Balaban J connectivity index is 2.16. The molecule has 1 aromatic rings. The van der Waals surface area contributed by atoms with E-state index < -0.39 is 17.3 Å². The third-order valence-electron chi connectivity index (χ3n) is 2.61. The van der Waals surface area contributed by atoms with Crippen LogP contribution in [0.4, 0.5) is 9.80 Å². The highest BCUT2D eigenvalue weighted by Crippen LogP contribution is 2.25. The van der Waals surface area contributed by atoms with E-state index in [-0.39, 0.29) is 5.92 Å². The fourth-order valence-corrected chi connectivity index (χ4v) is 2.97. The van der Waals surface area contributed by atoms with Crippen molar-refractivity contribution in [2.75, 3.05) is 10.8 Å². The first-order valence-corrected chi connectivity index (χ1v) is 7.38. The van der Waals surface area contributed by atoms with E-state index in [1.54, 1.807) is 23.7 Å². The van der Waals surface area contributed by atoms with Crippen LogP contribution in [0.5, 0.6) is 0 Å². The summed E-state index contributed by atoms with van der Waals surface area (Å²) in [5.41, 5.74) is 0. The van der Waals surface area contributed by atoms with E-state index in [9.17, 15) is 13.6 Å². The fraction of sp³-hybridized carbons (Fsp3) is 0.400. The Kier molecular flexibility index (Phi) is 4.10. The van der Waals surface area contributed by atoms with Gasteiger partial charge < -0.3 is 0 Å². The van der Waals surface area contributed by atoms with Gasteiger partial charge in [0.15, 0.2) is 0 Å². The molecule has 0 aromatic carbocycles. The molecule has 0 aliphatic carbocycles. The van der Waals surface area contributed by atoms with E-state index in [2.05, 4.69) is 5.10 Å². The molecule has 0 saturated carbocycles. The molecular weight excluding hydrogens is 274 g/mol. The second kappa shape index (κ2) is 5.59. The predicted molar refractivity (Wildman–Crippen MR) is 71.9 cm³/mol. The number of nitrogens with zero attached hydrogens (tertiary/aromatic N) is 3. The SMILES string of the molecule is CCC1C=NN(C(=O)N(c2cccs2)S(=O)O)C1. The lowest BCUT2D eigenvalue weighted by Crippen LogP contribution is -2.41. The molecule has 2 atom stereocenters. The highest BCUT2D eigenvalue weighted by molar-refractivity contribution is 7.81. The smallest absolute Gasteiger partial charge is 0.289 e. The number of hydrazone groups is 1. The molecule has 1 aliphatic rings. The number of hydrogen-bond donors (Lipinski definition) is 1. The zero-order valence-corrected chi connectivity index (χ0v) is 11.4. The second-order valence-corrected chi connectivity index (χ2v) is 5.53. The molecule has 2 unspecified atom stereocenters. The van der Waals surface area contributed by atoms with Crippen molar-refractivity contribution in [2.24, 2.45) is 11.0 Å². The van der Waals surface area contributed by atoms with Crippen LogP contribution in [-0.4, -0.2) is 32.6 Å². The summed E-state index contributed by atoms with van der Waals surface area (Å²) < 4.78 is 21.4. The lowest BCUT2D eigenvalue weighted by Gasteiger charge is -2.21. The van der Waals surface area contributed by atoms with E-state index >= 15 is 0 Å². The Hall–Kier alpha value is -1.25. The van der Waals surface area contributed by atoms with Gasteiger partial charge in [0.2, 0.25) is 0 Å². The molecule has 0 saturated heterocycles. The summed E-state index contributed by atoms with van der Waals surface area (Å²) in [5.74, 6) is 0.214. The number of thiophene rings is 1. The molecule has 0 fully saturated rings. The van der Waals surface area contributed by atoms with Crippen LogP contribution in [0.2, 0.25) is 0 Å². The zero-order valence-electron chi connectivity index (χ0n) is 9.72. The van der Waals surface area contributed by atoms with Gasteiger partial charge in [0.25, 0.3) is 11.3 Å². The van der Waals surface area contributed by atoms with Crippen LogP contribution in [0.1, 0.15) is 13.3 Å². The monoisotopic (exact) mass is 287 g/mol. The average molecular weight is 287 g/mol. The highest BCUT2D eigenvalue weighted by Gasteiger charge is 2.30. The van der Waals surface area contributed by atoms with Crippen molar-refractivity contribution in [1.82, 2.24) is 5.01 Å². The van der Waals surface area contributed by atoms with Crippen molar-refractivity contribution in [3.8, 4) is 0 Å². The molecule has 1 aromatic heterocycles. The van der Waals surface area contributed by atoms with Crippen LogP contribution in [0.3, 0.4) is 0 Å². The van der Waals surface area contributed by atoms with Crippen LogP contribution in [-0.2, 0) is 11.3 Å². The molecule has 1 aliphatic heterocycles. The molecular formula is C10H13N3O3S2. The van der Waals surface area contributed by atoms with Crippen molar-refractivity contribution in [3.05, 3.63) is 17.5 Å². The van der Waals surface area contributed by atoms with Crippen molar-refractivity contribution >= 4 is 39.9 Å². The van der Waals surface area contributed by atoms with Gasteiger partial charge in [-0.1, -0.05) is 6.92 Å². The maximum Gasteiger partial charge on any atom is 0.359 e. The van der Waals surface area contributed by atoms with Gasteiger partial charge in [-0.2, -0.15) is 9.41 Å². The van der Waals surface area contributed by atoms with Crippen molar-refractivity contribution in [2.45, 2.75) is 13.3 Å². The minimum Gasteiger partial charge on any atom is -0.289 e. The number of urea groups is 1. The van der Waals surface area contributed by atoms with Gasteiger partial charge >= 0.3 is 6.03 Å². The van der Waals surface area contributed by atoms with Gasteiger partial charge in [0, 0.05) is 12.1 Å². The molecule has 2 heterocycles. The Bertz CT molecular complexity index is 475. The Morgan fingerprint density at radius 3 is 3.06 bits per heavy atom. The van der Waals surface area contributed by atoms with Crippen LogP contribution in [0.25, 0.3) is 0 Å². The van der Waals surface area contributed by atoms with Crippen LogP contribution in [0.15, 0.2) is 22.6 Å². The lowest BCUT2D eigenvalue weighted by atomic mass is 10.1. The maximum atomic E-state index is 12.1. The summed E-state index contributed by atoms with van der Waals surface area (Å²) in [5, 5.41) is 7.37. The average Bonchev–Trinajstić information content (AvgIpc) is 2.99. The summed E-state index contributed by atoms with van der Waals surface area (Å²) in [6.07, 6.45) is 2.58. The van der Waals surface area contributed by atoms with Gasteiger partial charge in [0.05, 0.1) is 6.54 Å². The van der Waals surface area contributed by atoms with Crippen molar-refractivity contribution in [3.63, 3.8) is 0 Å². The Morgan fingerprint density at radius 2 is 2.56 bits per heavy atom. The third kappa shape index (κ3) is 2.60. The summed E-state index contributed by atoms with van der Waals surface area (Å²) in [6, 6.07) is 2.76. The first kappa shape index (κ1) is 13.2. The largest absolute Gasteiger partial charge is 0.359 e. The van der Waals surface area contributed by atoms with Crippen LogP contribution >= 0.6 is 11.3 Å². The second-order valence-electron chi connectivity index (χ2n) is 3.77. The van der Waals surface area contributed by atoms with Gasteiger partial charge in [-0.25, -0.2) is 14.0 Å². The summed E-state index contributed by atoms with van der Waals surface area (Å²) in [4.78, 5) is 12.1. The van der Waals surface area contributed by atoms with E-state index in [0.29, 0.717) is 11.5 Å². The number of carbonyl (C=O) groups excluding carboxylic acids is 1.